The lowest BCUT2D eigenvalue weighted by Gasteiger charge is -2.14. The van der Waals surface area contributed by atoms with Gasteiger partial charge in [0, 0.05) is 37.6 Å². The lowest BCUT2D eigenvalue weighted by molar-refractivity contribution is -0.137. The van der Waals surface area contributed by atoms with Crippen LogP contribution in [0.15, 0.2) is 84.1 Å². The van der Waals surface area contributed by atoms with E-state index in [0.29, 0.717) is 28.3 Å². The van der Waals surface area contributed by atoms with Crippen LogP contribution in [0.25, 0.3) is 11.3 Å². The van der Waals surface area contributed by atoms with Crippen molar-refractivity contribution in [1.29, 1.82) is 0 Å². The minimum atomic E-state index is -4.40. The maximum absolute atomic E-state index is 13.0. The van der Waals surface area contributed by atoms with Crippen LogP contribution < -0.4 is 14.8 Å². The highest BCUT2D eigenvalue weighted by Crippen LogP contribution is 2.31. The topological polar surface area (TPSA) is 85.2 Å². The summed E-state index contributed by atoms with van der Waals surface area (Å²) in [5.41, 5.74) is 2.36. The van der Waals surface area contributed by atoms with Crippen molar-refractivity contribution < 1.29 is 26.3 Å². The lowest BCUT2D eigenvalue weighted by Crippen LogP contribution is -2.23. The van der Waals surface area contributed by atoms with Gasteiger partial charge in [-0.15, -0.1) is 0 Å². The molecule has 7 nitrogen and oxygen atoms in total. The van der Waals surface area contributed by atoms with E-state index in [2.05, 4.69) is 15.0 Å². The molecule has 0 atom stereocenters. The molecule has 0 aliphatic carbocycles. The Balaban J connectivity index is 1.55. The highest BCUT2D eigenvalue weighted by atomic mass is 32.2. The fourth-order valence-corrected chi connectivity index (χ4v) is 4.67. The molecule has 194 valence electrons. The van der Waals surface area contributed by atoms with Gasteiger partial charge in [-0.1, -0.05) is 24.3 Å². The number of sulfonamides is 1. The second-order valence-corrected chi connectivity index (χ2v) is 10.1. The molecule has 37 heavy (non-hydrogen) atoms. The number of methoxy groups -OCH3 is 1. The molecule has 3 aromatic carbocycles. The molecule has 2 N–H and O–H groups in total. The fraction of sp³-hybridized carbons (Fsp3) is 0.192. The third-order valence-electron chi connectivity index (χ3n) is 5.67. The maximum atomic E-state index is 13.0. The second-order valence-electron chi connectivity index (χ2n) is 8.35. The average molecular weight is 531 g/mol. The molecule has 1 aromatic heterocycles. The summed E-state index contributed by atoms with van der Waals surface area (Å²) in [6.45, 7) is 0.332. The van der Waals surface area contributed by atoms with Gasteiger partial charge in [0.25, 0.3) is 0 Å². The summed E-state index contributed by atoms with van der Waals surface area (Å²) in [6, 6.07) is 16.5. The van der Waals surface area contributed by atoms with Crippen LogP contribution in [0, 0.1) is 0 Å². The number of imidazole rings is 1. The first-order chi connectivity index (χ1) is 17.5. The Bertz CT molecular complexity index is 1470. The van der Waals surface area contributed by atoms with E-state index < -0.39 is 21.8 Å². The number of nitrogens with zero attached hydrogens (tertiary/aromatic N) is 2. The molecule has 0 spiro atoms. The molecule has 0 unspecified atom stereocenters. The zero-order valence-electron chi connectivity index (χ0n) is 20.1. The number of hydrogen-bond acceptors (Lipinski definition) is 5. The number of hydrogen-bond donors (Lipinski definition) is 2. The Morgan fingerprint density at radius 2 is 1.59 bits per heavy atom. The molecule has 0 bridgehead atoms. The molecule has 0 saturated heterocycles. The minimum absolute atomic E-state index is 0.0572. The SMILES string of the molecule is COc1ccc(CNS(=O)(=O)c2ccc(NCc3ccc(C(F)(F)F)cc3)c(-c3cn(C)cn3)c2)cc1. The van der Waals surface area contributed by atoms with E-state index in [1.165, 1.54) is 24.3 Å². The molecule has 0 aliphatic rings. The van der Waals surface area contributed by atoms with Crippen molar-refractivity contribution in [2.45, 2.75) is 24.2 Å². The largest absolute Gasteiger partial charge is 0.497 e. The van der Waals surface area contributed by atoms with Crippen molar-refractivity contribution in [2.24, 2.45) is 7.05 Å². The van der Waals surface area contributed by atoms with Crippen molar-refractivity contribution in [1.82, 2.24) is 14.3 Å². The Labute approximate surface area is 213 Å². The Kier molecular flexibility index (Phi) is 7.55. The summed E-state index contributed by atoms with van der Waals surface area (Å²) < 4.78 is 74.1. The third kappa shape index (κ3) is 6.49. The number of rotatable bonds is 9. The number of aryl methyl sites for hydroxylation is 1. The molecular weight excluding hydrogens is 505 g/mol. The van der Waals surface area contributed by atoms with E-state index >= 15 is 0 Å². The summed E-state index contributed by atoms with van der Waals surface area (Å²) in [5.74, 6) is 0.672. The highest BCUT2D eigenvalue weighted by Gasteiger charge is 2.29. The summed E-state index contributed by atoms with van der Waals surface area (Å²) in [4.78, 5) is 4.40. The number of alkyl halides is 3. The van der Waals surface area contributed by atoms with E-state index in [0.717, 1.165) is 17.7 Å². The van der Waals surface area contributed by atoms with E-state index in [1.807, 2.05) is 0 Å². The first kappa shape index (κ1) is 26.2. The van der Waals surface area contributed by atoms with Gasteiger partial charge in [-0.2, -0.15) is 13.2 Å². The van der Waals surface area contributed by atoms with Crippen LogP contribution in [0.2, 0.25) is 0 Å². The van der Waals surface area contributed by atoms with Crippen LogP contribution in [0.3, 0.4) is 0 Å². The molecule has 0 saturated carbocycles. The van der Waals surface area contributed by atoms with Gasteiger partial charge in [0.05, 0.1) is 29.6 Å². The van der Waals surface area contributed by atoms with E-state index in [4.69, 9.17) is 4.74 Å². The van der Waals surface area contributed by atoms with Gasteiger partial charge in [-0.25, -0.2) is 18.1 Å². The first-order valence-electron chi connectivity index (χ1n) is 11.2. The van der Waals surface area contributed by atoms with Crippen LogP contribution in [0.4, 0.5) is 18.9 Å². The zero-order valence-corrected chi connectivity index (χ0v) is 20.9. The van der Waals surface area contributed by atoms with Crippen molar-refractivity contribution in [2.75, 3.05) is 12.4 Å². The average Bonchev–Trinajstić information content (AvgIpc) is 3.32. The minimum Gasteiger partial charge on any atom is -0.497 e. The van der Waals surface area contributed by atoms with E-state index in [1.54, 1.807) is 61.6 Å². The van der Waals surface area contributed by atoms with Crippen LogP contribution in [0.1, 0.15) is 16.7 Å². The van der Waals surface area contributed by atoms with Gasteiger partial charge in [-0.3, -0.25) is 0 Å². The predicted octanol–water partition coefficient (Wildman–Crippen LogP) is 5.21. The zero-order chi connectivity index (χ0) is 26.6. The number of anilines is 1. The number of aromatic nitrogens is 2. The van der Waals surface area contributed by atoms with Crippen LogP contribution >= 0.6 is 0 Å². The van der Waals surface area contributed by atoms with Gasteiger partial charge in [-0.05, 0) is 53.6 Å². The summed E-state index contributed by atoms with van der Waals surface area (Å²) in [6.07, 6.45) is -1.06. The standard InChI is InChI=1S/C26H25F3N4O3S/c1-33-16-25(31-17-33)23-13-22(37(34,35)32-15-19-5-9-21(36-2)10-6-19)11-12-24(23)30-14-18-3-7-20(8-4-18)26(27,28)29/h3-13,16-17,30,32H,14-15H2,1-2H3. The van der Waals surface area contributed by atoms with Crippen LogP contribution in [0.5, 0.6) is 5.75 Å². The molecule has 1 heterocycles. The Morgan fingerprint density at radius 3 is 2.19 bits per heavy atom. The number of benzene rings is 3. The predicted molar refractivity (Wildman–Crippen MR) is 134 cm³/mol. The van der Waals surface area contributed by atoms with Gasteiger partial charge in [0.2, 0.25) is 10.0 Å². The Hall–Kier alpha value is -3.83. The quantitative estimate of drug-likeness (QED) is 0.311. The normalized spacial score (nSPS) is 11.9. The molecule has 0 amide bonds. The summed E-state index contributed by atoms with van der Waals surface area (Å²) >= 11 is 0. The van der Waals surface area contributed by atoms with Crippen molar-refractivity contribution >= 4 is 15.7 Å². The van der Waals surface area contributed by atoms with Crippen molar-refractivity contribution in [3.63, 3.8) is 0 Å². The fourth-order valence-electron chi connectivity index (χ4n) is 3.62. The van der Waals surface area contributed by atoms with Crippen LogP contribution in [-0.2, 0) is 36.3 Å². The van der Waals surface area contributed by atoms with Gasteiger partial charge in [0.1, 0.15) is 5.75 Å². The monoisotopic (exact) mass is 530 g/mol. The molecule has 4 aromatic rings. The molecule has 0 fully saturated rings. The maximum Gasteiger partial charge on any atom is 0.416 e. The highest BCUT2D eigenvalue weighted by molar-refractivity contribution is 7.89. The molecule has 11 heteroatoms. The summed E-state index contributed by atoms with van der Waals surface area (Å²) in [7, 11) is -0.502. The smallest absolute Gasteiger partial charge is 0.416 e. The lowest BCUT2D eigenvalue weighted by atomic mass is 10.1. The van der Waals surface area contributed by atoms with Crippen molar-refractivity contribution in [3.8, 4) is 17.0 Å². The molecule has 0 aliphatic heterocycles. The first-order valence-corrected chi connectivity index (χ1v) is 12.7. The van der Waals surface area contributed by atoms with E-state index in [-0.39, 0.29) is 18.0 Å². The number of halogens is 3. The molecule has 4 rings (SSSR count). The Morgan fingerprint density at radius 1 is 0.946 bits per heavy atom. The second kappa shape index (κ2) is 10.7. The molecular formula is C26H25F3N4O3S. The summed E-state index contributed by atoms with van der Waals surface area (Å²) in [5, 5.41) is 3.19. The van der Waals surface area contributed by atoms with Crippen molar-refractivity contribution in [3.05, 3.63) is 95.9 Å². The van der Waals surface area contributed by atoms with Gasteiger partial charge < -0.3 is 14.6 Å². The number of ether oxygens (including phenoxy) is 1. The molecule has 0 radical (unpaired) electrons. The third-order valence-corrected chi connectivity index (χ3v) is 7.07. The number of nitrogens with one attached hydrogen (secondary N) is 2. The van der Waals surface area contributed by atoms with Gasteiger partial charge >= 0.3 is 6.18 Å². The van der Waals surface area contributed by atoms with Crippen LogP contribution in [-0.4, -0.2) is 25.1 Å². The van der Waals surface area contributed by atoms with E-state index in [9.17, 15) is 21.6 Å². The van der Waals surface area contributed by atoms with Gasteiger partial charge in [0.15, 0.2) is 0 Å².